The number of aromatic amines is 1. The lowest BCUT2D eigenvalue weighted by Crippen LogP contribution is -2.55. The van der Waals surface area contributed by atoms with Crippen molar-refractivity contribution in [1.82, 2.24) is 20.0 Å². The highest BCUT2D eigenvalue weighted by Crippen LogP contribution is 2.40. The van der Waals surface area contributed by atoms with Crippen molar-refractivity contribution in [2.75, 3.05) is 6.61 Å². The third-order valence-corrected chi connectivity index (χ3v) is 7.02. The summed E-state index contributed by atoms with van der Waals surface area (Å²) in [4.78, 5) is 14.1. The number of thiazole rings is 1. The van der Waals surface area contributed by atoms with Gasteiger partial charge >= 0.3 is 4.87 Å². The smallest absolute Gasteiger partial charge is 0.304 e. The van der Waals surface area contributed by atoms with Gasteiger partial charge in [-0.25, -0.2) is 9.07 Å². The zero-order valence-electron chi connectivity index (χ0n) is 15.4. The molecule has 0 aliphatic carbocycles. The Hall–Kier alpha value is -1.51. The zero-order valence-corrected chi connectivity index (χ0v) is 18.5. The number of aliphatic hydroxyl groups is 3. The van der Waals surface area contributed by atoms with E-state index in [2.05, 4.69) is 15.3 Å². The maximum atomic E-state index is 13.7. The molecule has 0 spiro atoms. The van der Waals surface area contributed by atoms with Crippen LogP contribution in [-0.4, -0.2) is 65.7 Å². The van der Waals surface area contributed by atoms with Crippen molar-refractivity contribution in [3.8, 4) is 11.4 Å². The second-order valence-electron chi connectivity index (χ2n) is 6.66. The Labute approximate surface area is 192 Å². The number of aliphatic hydroxyl groups excluding tert-OH is 3. The number of halogens is 3. The highest BCUT2D eigenvalue weighted by atomic mass is 35.5. The Bertz CT molecular complexity index is 1120. The molecular weight excluding hydrogens is 494 g/mol. The molecule has 1 aliphatic heterocycles. The van der Waals surface area contributed by atoms with E-state index < -0.39 is 42.2 Å². The van der Waals surface area contributed by atoms with Crippen molar-refractivity contribution in [2.24, 2.45) is 0 Å². The number of ether oxygens (including phenoxy) is 1. The third-order valence-electron chi connectivity index (χ3n) is 4.67. The van der Waals surface area contributed by atoms with Crippen LogP contribution in [0.2, 0.25) is 10.0 Å². The molecular formula is C17H15Cl2FN4O5S2. The van der Waals surface area contributed by atoms with E-state index in [0.29, 0.717) is 16.3 Å². The minimum absolute atomic E-state index is 0.193. The van der Waals surface area contributed by atoms with Crippen molar-refractivity contribution in [3.63, 3.8) is 0 Å². The number of nitrogens with one attached hydrogen (secondary N) is 1. The van der Waals surface area contributed by atoms with Crippen LogP contribution in [-0.2, 0) is 4.74 Å². The van der Waals surface area contributed by atoms with Crippen LogP contribution in [0.25, 0.3) is 11.4 Å². The molecule has 0 saturated carbocycles. The molecule has 1 fully saturated rings. The van der Waals surface area contributed by atoms with Gasteiger partial charge in [0.15, 0.2) is 5.82 Å². The van der Waals surface area contributed by atoms with E-state index in [4.69, 9.17) is 27.9 Å². The normalized spacial score (nSPS) is 26.3. The first-order valence-electron chi connectivity index (χ1n) is 8.82. The number of H-pyrrole nitrogens is 1. The molecule has 31 heavy (non-hydrogen) atoms. The first kappa shape index (κ1) is 22.7. The molecule has 4 N–H and O–H groups in total. The maximum Gasteiger partial charge on any atom is 0.304 e. The molecule has 1 aliphatic rings. The Morgan fingerprint density at radius 2 is 2.00 bits per heavy atom. The molecule has 0 amide bonds. The van der Waals surface area contributed by atoms with Gasteiger partial charge in [-0.05, 0) is 12.1 Å². The summed E-state index contributed by atoms with van der Waals surface area (Å²) in [5.41, 5.74) is -0.194. The first-order chi connectivity index (χ1) is 14.8. The molecule has 166 valence electrons. The van der Waals surface area contributed by atoms with Crippen molar-refractivity contribution in [3.05, 3.63) is 49.2 Å². The summed E-state index contributed by atoms with van der Waals surface area (Å²) in [6, 6.07) is 1.64. The predicted molar refractivity (Wildman–Crippen MR) is 113 cm³/mol. The summed E-state index contributed by atoms with van der Waals surface area (Å²) in [5, 5.41) is 40.4. The largest absolute Gasteiger partial charge is 0.394 e. The average molecular weight is 509 g/mol. The number of hydrogen-bond donors (Lipinski definition) is 4. The summed E-state index contributed by atoms with van der Waals surface area (Å²) >= 11 is 13.6. The number of nitrogens with zero attached hydrogens (tertiary/aromatic N) is 3. The van der Waals surface area contributed by atoms with E-state index in [9.17, 15) is 24.5 Å². The molecule has 4 rings (SSSR count). The molecule has 0 bridgehead atoms. The molecule has 14 heteroatoms. The van der Waals surface area contributed by atoms with Gasteiger partial charge in [0.05, 0.1) is 28.5 Å². The number of rotatable bonds is 5. The van der Waals surface area contributed by atoms with Crippen LogP contribution >= 0.6 is 46.3 Å². The SMILES string of the molecule is O=c1[nH]c(-c2cn([C@@H]3[C@@H](O)[C@@H](Sc4cc(Cl)c(F)c(Cl)c4)O[C@H](CO)[C@@H]3O)nn2)cs1. The summed E-state index contributed by atoms with van der Waals surface area (Å²) < 4.78 is 20.6. The quantitative estimate of drug-likeness (QED) is 0.384. The van der Waals surface area contributed by atoms with E-state index in [1.165, 1.54) is 23.0 Å². The zero-order chi connectivity index (χ0) is 22.3. The van der Waals surface area contributed by atoms with Gasteiger partial charge in [0.2, 0.25) is 0 Å². The van der Waals surface area contributed by atoms with Crippen LogP contribution < -0.4 is 4.87 Å². The van der Waals surface area contributed by atoms with Gasteiger partial charge < -0.3 is 25.0 Å². The lowest BCUT2D eigenvalue weighted by atomic mass is 9.97. The van der Waals surface area contributed by atoms with Gasteiger partial charge in [0.1, 0.15) is 35.5 Å². The van der Waals surface area contributed by atoms with Crippen LogP contribution in [0.4, 0.5) is 4.39 Å². The predicted octanol–water partition coefficient (Wildman–Crippen LogP) is 1.91. The van der Waals surface area contributed by atoms with Gasteiger partial charge in [-0.1, -0.05) is 51.5 Å². The molecule has 0 radical (unpaired) electrons. The number of thioether (sulfide) groups is 1. The average Bonchev–Trinajstić information content (AvgIpc) is 3.37. The fraction of sp³-hybridized carbons (Fsp3) is 0.353. The van der Waals surface area contributed by atoms with Gasteiger partial charge in [-0.2, -0.15) is 0 Å². The highest BCUT2D eigenvalue weighted by Gasteiger charge is 2.46. The van der Waals surface area contributed by atoms with Gasteiger partial charge in [0, 0.05) is 10.3 Å². The van der Waals surface area contributed by atoms with Gasteiger partial charge in [-0.3, -0.25) is 4.79 Å². The summed E-state index contributed by atoms with van der Waals surface area (Å²) in [5.74, 6) is -0.763. The lowest BCUT2D eigenvalue weighted by Gasteiger charge is -2.41. The molecule has 1 aromatic carbocycles. The minimum atomic E-state index is -1.31. The van der Waals surface area contributed by atoms with E-state index in [-0.39, 0.29) is 14.9 Å². The van der Waals surface area contributed by atoms with Crippen LogP contribution in [0.1, 0.15) is 6.04 Å². The van der Waals surface area contributed by atoms with Crippen LogP contribution in [0.15, 0.2) is 33.4 Å². The van der Waals surface area contributed by atoms with Crippen molar-refractivity contribution in [2.45, 2.75) is 34.7 Å². The first-order valence-corrected chi connectivity index (χ1v) is 11.3. The molecule has 9 nitrogen and oxygen atoms in total. The van der Waals surface area contributed by atoms with E-state index >= 15 is 0 Å². The highest BCUT2D eigenvalue weighted by molar-refractivity contribution is 7.99. The van der Waals surface area contributed by atoms with Crippen molar-refractivity contribution < 1.29 is 24.4 Å². The minimum Gasteiger partial charge on any atom is -0.394 e. The third kappa shape index (κ3) is 4.52. The standard InChI is InChI=1S/C17H15Cl2FN4O5S2/c18-7-1-6(2-8(19)12(7)20)31-16-15(27)13(14(26)11(4-25)29-16)24-3-9(22-23-24)10-5-30-17(28)21-10/h1-3,5,11,13-16,25-27H,4H2,(H,21,28)/t11-,13+,14+,15-,16-/m1/s1. The number of benzene rings is 1. The molecule has 3 aromatic rings. The Kier molecular flexibility index (Phi) is 6.70. The van der Waals surface area contributed by atoms with E-state index in [1.807, 2.05) is 0 Å². The summed E-state index contributed by atoms with van der Waals surface area (Å²) in [6.07, 6.45) is -2.19. The van der Waals surface area contributed by atoms with Crippen LogP contribution in [0.5, 0.6) is 0 Å². The molecule has 2 aromatic heterocycles. The summed E-state index contributed by atoms with van der Waals surface area (Å²) in [7, 11) is 0. The molecule has 5 atom stereocenters. The lowest BCUT2D eigenvalue weighted by molar-refractivity contribution is -0.178. The van der Waals surface area contributed by atoms with Crippen LogP contribution in [0, 0.1) is 5.82 Å². The monoisotopic (exact) mass is 508 g/mol. The fourth-order valence-electron chi connectivity index (χ4n) is 3.16. The summed E-state index contributed by atoms with van der Waals surface area (Å²) in [6.45, 7) is -0.522. The van der Waals surface area contributed by atoms with E-state index in [0.717, 1.165) is 23.1 Å². The molecule has 3 heterocycles. The Balaban J connectivity index is 1.63. The topological polar surface area (TPSA) is 133 Å². The van der Waals surface area contributed by atoms with E-state index in [1.54, 1.807) is 5.38 Å². The Morgan fingerprint density at radius 1 is 1.29 bits per heavy atom. The van der Waals surface area contributed by atoms with Crippen molar-refractivity contribution >= 4 is 46.3 Å². The number of hydrogen-bond acceptors (Lipinski definition) is 9. The second kappa shape index (κ2) is 9.16. The van der Waals surface area contributed by atoms with Gasteiger partial charge in [-0.15, -0.1) is 5.10 Å². The maximum absolute atomic E-state index is 13.7. The number of aromatic nitrogens is 4. The van der Waals surface area contributed by atoms with Crippen LogP contribution in [0.3, 0.4) is 0 Å². The Morgan fingerprint density at radius 3 is 2.61 bits per heavy atom. The van der Waals surface area contributed by atoms with Crippen molar-refractivity contribution in [1.29, 1.82) is 0 Å². The molecule has 1 saturated heterocycles. The fourth-order valence-corrected chi connectivity index (χ4v) is 5.49. The van der Waals surface area contributed by atoms with Gasteiger partial charge in [0.25, 0.3) is 0 Å². The molecule has 0 unspecified atom stereocenters. The second-order valence-corrected chi connectivity index (χ2v) is 9.49.